The molecule has 3 nitrogen and oxygen atoms in total. The molecule has 106 valence electrons. The van der Waals surface area contributed by atoms with E-state index in [2.05, 4.69) is 0 Å². The Morgan fingerprint density at radius 3 is 2.10 bits per heavy atom. The molecule has 2 aromatic carbocycles. The molecule has 0 radical (unpaired) electrons. The predicted octanol–water partition coefficient (Wildman–Crippen LogP) is 3.45. The summed E-state index contributed by atoms with van der Waals surface area (Å²) in [5.41, 5.74) is 1.22. The van der Waals surface area contributed by atoms with Crippen LogP contribution in [0.1, 0.15) is 5.56 Å². The quantitative estimate of drug-likeness (QED) is 0.867. The molecular formula is C14H13ClFNO2S. The van der Waals surface area contributed by atoms with Crippen molar-refractivity contribution in [3.63, 3.8) is 0 Å². The Morgan fingerprint density at radius 2 is 1.60 bits per heavy atom. The van der Waals surface area contributed by atoms with Crippen LogP contribution in [-0.4, -0.2) is 14.7 Å². The van der Waals surface area contributed by atoms with Crippen LogP contribution in [-0.2, 0) is 16.6 Å². The van der Waals surface area contributed by atoms with Crippen LogP contribution in [0.15, 0.2) is 48.5 Å². The highest BCUT2D eigenvalue weighted by atomic mass is 35.5. The highest BCUT2D eigenvalue weighted by molar-refractivity contribution is 7.92. The van der Waals surface area contributed by atoms with Crippen LogP contribution in [0, 0.1) is 5.82 Å². The molecule has 0 aliphatic heterocycles. The number of sulfonamides is 1. The van der Waals surface area contributed by atoms with Gasteiger partial charge < -0.3 is 0 Å². The molecular weight excluding hydrogens is 301 g/mol. The van der Waals surface area contributed by atoms with Gasteiger partial charge in [0.1, 0.15) is 5.82 Å². The van der Waals surface area contributed by atoms with Crippen molar-refractivity contribution in [1.82, 2.24) is 0 Å². The second-order valence-electron chi connectivity index (χ2n) is 4.37. The van der Waals surface area contributed by atoms with E-state index in [1.165, 1.54) is 28.6 Å². The standard InChI is InChI=1S/C14H13ClFNO2S/c1-20(18,19)17(14-8-6-13(16)7-9-14)10-11-2-4-12(15)5-3-11/h2-9H,10H2,1H3. The summed E-state index contributed by atoms with van der Waals surface area (Å²) in [7, 11) is -3.46. The van der Waals surface area contributed by atoms with Gasteiger partial charge in [0.2, 0.25) is 10.0 Å². The molecule has 2 aromatic rings. The van der Waals surface area contributed by atoms with Gasteiger partial charge in [-0.3, -0.25) is 4.31 Å². The number of benzene rings is 2. The smallest absolute Gasteiger partial charge is 0.232 e. The summed E-state index contributed by atoms with van der Waals surface area (Å²) in [5, 5.41) is 0.585. The summed E-state index contributed by atoms with van der Waals surface area (Å²) >= 11 is 5.80. The van der Waals surface area contributed by atoms with Crippen LogP contribution in [0.2, 0.25) is 5.02 Å². The van der Waals surface area contributed by atoms with E-state index in [1.807, 2.05) is 0 Å². The van der Waals surface area contributed by atoms with Crippen molar-refractivity contribution < 1.29 is 12.8 Å². The van der Waals surface area contributed by atoms with Crippen LogP contribution < -0.4 is 4.31 Å². The molecule has 0 saturated carbocycles. The minimum absolute atomic E-state index is 0.168. The Hall–Kier alpha value is -1.59. The number of hydrogen-bond donors (Lipinski definition) is 0. The molecule has 0 unspecified atom stereocenters. The maximum absolute atomic E-state index is 12.9. The largest absolute Gasteiger partial charge is 0.266 e. The summed E-state index contributed by atoms with van der Waals surface area (Å²) in [6.07, 6.45) is 1.12. The van der Waals surface area contributed by atoms with Crippen LogP contribution in [0.3, 0.4) is 0 Å². The van der Waals surface area contributed by atoms with Crippen molar-refractivity contribution in [2.45, 2.75) is 6.54 Å². The van der Waals surface area contributed by atoms with Gasteiger partial charge in [-0.05, 0) is 42.0 Å². The number of rotatable bonds is 4. The Labute approximate surface area is 122 Å². The zero-order valence-corrected chi connectivity index (χ0v) is 12.3. The second-order valence-corrected chi connectivity index (χ2v) is 6.72. The highest BCUT2D eigenvalue weighted by Gasteiger charge is 2.17. The molecule has 0 atom stereocenters. The predicted molar refractivity (Wildman–Crippen MR) is 78.9 cm³/mol. The first kappa shape index (κ1) is 14.8. The number of hydrogen-bond acceptors (Lipinski definition) is 2. The lowest BCUT2D eigenvalue weighted by Crippen LogP contribution is -2.29. The third-order valence-corrected chi connectivity index (χ3v) is 4.15. The maximum atomic E-state index is 12.9. The lowest BCUT2D eigenvalue weighted by molar-refractivity contribution is 0.596. The van der Waals surface area contributed by atoms with Gasteiger partial charge in [0, 0.05) is 5.02 Å². The number of halogens is 2. The molecule has 0 aliphatic rings. The molecule has 0 heterocycles. The van der Waals surface area contributed by atoms with Gasteiger partial charge in [-0.2, -0.15) is 0 Å². The van der Waals surface area contributed by atoms with Crippen molar-refractivity contribution in [3.05, 3.63) is 64.9 Å². The minimum atomic E-state index is -3.46. The monoisotopic (exact) mass is 313 g/mol. The molecule has 0 spiro atoms. The van der Waals surface area contributed by atoms with Crippen LogP contribution in [0.4, 0.5) is 10.1 Å². The average molecular weight is 314 g/mol. The molecule has 2 rings (SSSR count). The van der Waals surface area contributed by atoms with E-state index in [9.17, 15) is 12.8 Å². The lowest BCUT2D eigenvalue weighted by atomic mass is 10.2. The Bertz CT molecular complexity index is 684. The summed E-state index contributed by atoms with van der Waals surface area (Å²) in [6.45, 7) is 0.168. The first-order valence-electron chi connectivity index (χ1n) is 5.84. The van der Waals surface area contributed by atoms with Gasteiger partial charge in [-0.15, -0.1) is 0 Å². The molecule has 6 heteroatoms. The highest BCUT2D eigenvalue weighted by Crippen LogP contribution is 2.21. The Morgan fingerprint density at radius 1 is 1.05 bits per heavy atom. The van der Waals surface area contributed by atoms with Gasteiger partial charge in [-0.1, -0.05) is 23.7 Å². The van der Waals surface area contributed by atoms with E-state index in [1.54, 1.807) is 24.3 Å². The Balaban J connectivity index is 2.34. The summed E-state index contributed by atoms with van der Waals surface area (Å²) in [5.74, 6) is -0.409. The zero-order chi connectivity index (χ0) is 14.8. The van der Waals surface area contributed by atoms with E-state index in [-0.39, 0.29) is 6.54 Å². The molecule has 0 fully saturated rings. The van der Waals surface area contributed by atoms with Gasteiger partial charge in [0.05, 0.1) is 18.5 Å². The van der Waals surface area contributed by atoms with Gasteiger partial charge in [0.15, 0.2) is 0 Å². The first-order chi connectivity index (χ1) is 9.36. The van der Waals surface area contributed by atoms with Crippen LogP contribution >= 0.6 is 11.6 Å². The molecule has 0 aromatic heterocycles. The fraction of sp³-hybridized carbons (Fsp3) is 0.143. The SMILES string of the molecule is CS(=O)(=O)N(Cc1ccc(Cl)cc1)c1ccc(F)cc1. The summed E-state index contributed by atoms with van der Waals surface area (Å²) in [6, 6.07) is 12.2. The first-order valence-corrected chi connectivity index (χ1v) is 8.06. The van der Waals surface area contributed by atoms with E-state index in [4.69, 9.17) is 11.6 Å². The van der Waals surface area contributed by atoms with Gasteiger partial charge >= 0.3 is 0 Å². The van der Waals surface area contributed by atoms with Gasteiger partial charge in [-0.25, -0.2) is 12.8 Å². The average Bonchev–Trinajstić information content (AvgIpc) is 2.38. The van der Waals surface area contributed by atoms with Crippen LogP contribution in [0.25, 0.3) is 0 Å². The van der Waals surface area contributed by atoms with E-state index in [0.717, 1.165) is 11.8 Å². The third kappa shape index (κ3) is 3.71. The molecule has 0 amide bonds. The Kier molecular flexibility index (Phi) is 4.30. The third-order valence-electron chi connectivity index (χ3n) is 2.75. The van der Waals surface area contributed by atoms with Crippen molar-refractivity contribution in [3.8, 4) is 0 Å². The minimum Gasteiger partial charge on any atom is -0.266 e. The van der Waals surface area contributed by atoms with Crippen molar-refractivity contribution in [2.24, 2.45) is 0 Å². The summed E-state index contributed by atoms with van der Waals surface area (Å²) in [4.78, 5) is 0. The molecule has 20 heavy (non-hydrogen) atoms. The van der Waals surface area contributed by atoms with Crippen molar-refractivity contribution >= 4 is 27.3 Å². The maximum Gasteiger partial charge on any atom is 0.232 e. The van der Waals surface area contributed by atoms with Crippen molar-refractivity contribution in [1.29, 1.82) is 0 Å². The summed E-state index contributed by atoms with van der Waals surface area (Å²) < 4.78 is 37.9. The lowest BCUT2D eigenvalue weighted by Gasteiger charge is -2.22. The van der Waals surface area contributed by atoms with Crippen LogP contribution in [0.5, 0.6) is 0 Å². The molecule has 0 saturated heterocycles. The van der Waals surface area contributed by atoms with E-state index in [0.29, 0.717) is 10.7 Å². The normalized spacial score (nSPS) is 11.3. The topological polar surface area (TPSA) is 37.4 Å². The molecule has 0 N–H and O–H groups in total. The number of anilines is 1. The van der Waals surface area contributed by atoms with E-state index >= 15 is 0 Å². The fourth-order valence-electron chi connectivity index (χ4n) is 1.76. The van der Waals surface area contributed by atoms with E-state index < -0.39 is 15.8 Å². The van der Waals surface area contributed by atoms with Gasteiger partial charge in [0.25, 0.3) is 0 Å². The second kappa shape index (κ2) is 5.81. The fourth-order valence-corrected chi connectivity index (χ4v) is 2.78. The number of nitrogens with zero attached hydrogens (tertiary/aromatic N) is 1. The molecule has 0 bridgehead atoms. The zero-order valence-electron chi connectivity index (χ0n) is 10.8. The molecule has 0 aliphatic carbocycles. The van der Waals surface area contributed by atoms with Crippen molar-refractivity contribution in [2.75, 3.05) is 10.6 Å².